The van der Waals surface area contributed by atoms with Gasteiger partial charge in [0.25, 0.3) is 0 Å². The number of pyridine rings is 1. The van der Waals surface area contributed by atoms with Crippen molar-refractivity contribution in [2.75, 3.05) is 6.79 Å². The molecule has 1 aliphatic carbocycles. The summed E-state index contributed by atoms with van der Waals surface area (Å²) in [6.45, 7) is 11.3. The van der Waals surface area contributed by atoms with Crippen LogP contribution >= 0.6 is 0 Å². The Bertz CT molecular complexity index is 1180. The van der Waals surface area contributed by atoms with Crippen molar-refractivity contribution >= 4 is 5.57 Å². The predicted octanol–water partition coefficient (Wildman–Crippen LogP) is 7.51. The first-order valence-corrected chi connectivity index (χ1v) is 12.6. The van der Waals surface area contributed by atoms with E-state index >= 15 is 0 Å². The van der Waals surface area contributed by atoms with E-state index in [-0.39, 0.29) is 12.9 Å². The summed E-state index contributed by atoms with van der Waals surface area (Å²) in [5.41, 5.74) is 9.45. The molecule has 1 heterocycles. The van der Waals surface area contributed by atoms with Crippen LogP contribution in [-0.4, -0.2) is 17.9 Å². The third-order valence-corrected chi connectivity index (χ3v) is 6.68. The SMILES string of the molecule is Cc1cc(OCc2ccccc2)c(C)c(C)c1Cc1ccc(OCOC(C)C)c(C2=CCCC2)n1. The van der Waals surface area contributed by atoms with Crippen molar-refractivity contribution in [3.63, 3.8) is 0 Å². The second-order valence-corrected chi connectivity index (χ2v) is 9.62. The van der Waals surface area contributed by atoms with Gasteiger partial charge in [0.15, 0.2) is 6.79 Å². The molecule has 4 rings (SSSR count). The fourth-order valence-corrected chi connectivity index (χ4v) is 4.49. The monoisotopic (exact) mass is 471 g/mol. The molecule has 1 aliphatic rings. The van der Waals surface area contributed by atoms with E-state index in [4.69, 9.17) is 19.2 Å². The molecule has 0 unspecified atom stereocenters. The molecule has 0 fully saturated rings. The normalized spacial score (nSPS) is 13.3. The number of nitrogens with zero attached hydrogens (tertiary/aromatic N) is 1. The van der Waals surface area contributed by atoms with Gasteiger partial charge in [-0.2, -0.15) is 0 Å². The Hall–Kier alpha value is -3.11. The van der Waals surface area contributed by atoms with Crippen molar-refractivity contribution in [2.24, 2.45) is 0 Å². The number of aryl methyl sites for hydroxylation is 1. The molecule has 0 radical (unpaired) electrons. The number of ether oxygens (including phenoxy) is 3. The maximum atomic E-state index is 6.19. The van der Waals surface area contributed by atoms with E-state index < -0.39 is 0 Å². The number of aromatic nitrogens is 1. The Labute approximate surface area is 210 Å². The number of hydrogen-bond donors (Lipinski definition) is 0. The van der Waals surface area contributed by atoms with E-state index in [1.54, 1.807) is 0 Å². The summed E-state index contributed by atoms with van der Waals surface area (Å²) in [5.74, 6) is 1.75. The van der Waals surface area contributed by atoms with Crippen LogP contribution in [0.25, 0.3) is 5.57 Å². The molecule has 0 amide bonds. The van der Waals surface area contributed by atoms with Crippen LogP contribution in [0.4, 0.5) is 0 Å². The van der Waals surface area contributed by atoms with Crippen LogP contribution in [-0.2, 0) is 17.8 Å². The lowest BCUT2D eigenvalue weighted by molar-refractivity contribution is -0.0203. The van der Waals surface area contributed by atoms with Gasteiger partial charge in [-0.15, -0.1) is 0 Å². The summed E-state index contributed by atoms with van der Waals surface area (Å²) in [7, 11) is 0. The minimum absolute atomic E-state index is 0.130. The number of allylic oxidation sites excluding steroid dienone is 2. The second kappa shape index (κ2) is 11.5. The van der Waals surface area contributed by atoms with Gasteiger partial charge in [0.1, 0.15) is 23.8 Å². The Morgan fingerprint density at radius 3 is 2.43 bits per heavy atom. The molecule has 0 spiro atoms. The van der Waals surface area contributed by atoms with Crippen LogP contribution in [0.3, 0.4) is 0 Å². The molecule has 1 aromatic heterocycles. The maximum absolute atomic E-state index is 6.19. The molecular formula is C31H37NO3. The molecular weight excluding hydrogens is 434 g/mol. The zero-order chi connectivity index (χ0) is 24.8. The largest absolute Gasteiger partial charge is 0.489 e. The number of hydrogen-bond acceptors (Lipinski definition) is 4. The topological polar surface area (TPSA) is 40.6 Å². The second-order valence-electron chi connectivity index (χ2n) is 9.62. The lowest BCUT2D eigenvalue weighted by Crippen LogP contribution is -2.11. The Morgan fingerprint density at radius 1 is 0.914 bits per heavy atom. The highest BCUT2D eigenvalue weighted by molar-refractivity contribution is 5.69. The van der Waals surface area contributed by atoms with E-state index in [1.165, 1.54) is 39.8 Å². The Kier molecular flexibility index (Phi) is 8.25. The summed E-state index contributed by atoms with van der Waals surface area (Å²) in [5, 5.41) is 0. The van der Waals surface area contributed by atoms with Crippen molar-refractivity contribution in [3.8, 4) is 11.5 Å². The summed E-state index contributed by atoms with van der Waals surface area (Å²) >= 11 is 0. The molecule has 184 valence electrons. The minimum atomic E-state index is 0.130. The molecule has 35 heavy (non-hydrogen) atoms. The lowest BCUT2D eigenvalue weighted by atomic mass is 9.93. The standard InChI is InChI=1S/C31H37NO3/c1-21(2)34-20-35-29-16-15-27(32-31(29)26-13-9-10-14-26)18-28-22(3)17-30(24(5)23(28)4)33-19-25-11-7-6-8-12-25/h6-8,11-13,15-17,21H,9-10,14,18-20H2,1-5H3. The van der Waals surface area contributed by atoms with Crippen LogP contribution in [0.5, 0.6) is 11.5 Å². The Morgan fingerprint density at radius 2 is 1.71 bits per heavy atom. The zero-order valence-corrected chi connectivity index (χ0v) is 21.7. The van der Waals surface area contributed by atoms with Crippen LogP contribution in [0, 0.1) is 20.8 Å². The van der Waals surface area contributed by atoms with Crippen LogP contribution in [0.15, 0.2) is 54.6 Å². The van der Waals surface area contributed by atoms with Crippen LogP contribution in [0.2, 0.25) is 0 Å². The van der Waals surface area contributed by atoms with Crippen molar-refractivity contribution in [2.45, 2.75) is 73.0 Å². The highest BCUT2D eigenvalue weighted by Crippen LogP contribution is 2.34. The van der Waals surface area contributed by atoms with Gasteiger partial charge in [0.2, 0.25) is 0 Å². The van der Waals surface area contributed by atoms with Gasteiger partial charge in [-0.1, -0.05) is 36.4 Å². The number of benzene rings is 2. The van der Waals surface area contributed by atoms with E-state index in [1.807, 2.05) is 32.0 Å². The van der Waals surface area contributed by atoms with Gasteiger partial charge in [0, 0.05) is 12.1 Å². The zero-order valence-electron chi connectivity index (χ0n) is 21.7. The van der Waals surface area contributed by atoms with Crippen molar-refractivity contribution in [1.29, 1.82) is 0 Å². The molecule has 2 aromatic carbocycles. The lowest BCUT2D eigenvalue weighted by Gasteiger charge is -2.18. The first kappa shape index (κ1) is 25.0. The van der Waals surface area contributed by atoms with Crippen LogP contribution < -0.4 is 9.47 Å². The first-order valence-electron chi connectivity index (χ1n) is 12.6. The molecule has 4 heteroatoms. The van der Waals surface area contributed by atoms with E-state index in [0.29, 0.717) is 6.61 Å². The third-order valence-electron chi connectivity index (χ3n) is 6.68. The fraction of sp³-hybridized carbons (Fsp3) is 0.387. The molecule has 0 saturated carbocycles. The van der Waals surface area contributed by atoms with Crippen molar-refractivity contribution in [3.05, 3.63) is 93.8 Å². The highest BCUT2D eigenvalue weighted by atomic mass is 16.7. The molecule has 0 bridgehead atoms. The van der Waals surface area contributed by atoms with Gasteiger partial charge in [-0.05, 0) is 105 Å². The minimum Gasteiger partial charge on any atom is -0.489 e. The van der Waals surface area contributed by atoms with Gasteiger partial charge < -0.3 is 14.2 Å². The van der Waals surface area contributed by atoms with Gasteiger partial charge in [-0.3, -0.25) is 0 Å². The Balaban J connectivity index is 1.55. The summed E-state index contributed by atoms with van der Waals surface area (Å²) in [6.07, 6.45) is 6.52. The quantitative estimate of drug-likeness (QED) is 0.287. The average molecular weight is 472 g/mol. The van der Waals surface area contributed by atoms with Crippen molar-refractivity contribution < 1.29 is 14.2 Å². The molecule has 4 nitrogen and oxygen atoms in total. The molecule has 0 aliphatic heterocycles. The summed E-state index contributed by atoms with van der Waals surface area (Å²) in [4.78, 5) is 5.08. The molecule has 3 aromatic rings. The van der Waals surface area contributed by atoms with Gasteiger partial charge in [0.05, 0.1) is 6.10 Å². The molecule has 0 N–H and O–H groups in total. The smallest absolute Gasteiger partial charge is 0.189 e. The van der Waals surface area contributed by atoms with Gasteiger partial charge in [-0.25, -0.2) is 4.98 Å². The van der Waals surface area contributed by atoms with E-state index in [0.717, 1.165) is 42.1 Å². The van der Waals surface area contributed by atoms with Crippen LogP contribution in [0.1, 0.15) is 72.3 Å². The predicted molar refractivity (Wildman–Crippen MR) is 142 cm³/mol. The summed E-state index contributed by atoms with van der Waals surface area (Å²) in [6, 6.07) is 16.6. The maximum Gasteiger partial charge on any atom is 0.189 e. The number of rotatable bonds is 10. The van der Waals surface area contributed by atoms with Crippen molar-refractivity contribution in [1.82, 2.24) is 4.98 Å². The molecule has 0 saturated heterocycles. The molecule has 0 atom stereocenters. The fourth-order valence-electron chi connectivity index (χ4n) is 4.49. The summed E-state index contributed by atoms with van der Waals surface area (Å²) < 4.78 is 17.8. The first-order chi connectivity index (χ1) is 16.9. The van der Waals surface area contributed by atoms with E-state index in [9.17, 15) is 0 Å². The van der Waals surface area contributed by atoms with Gasteiger partial charge >= 0.3 is 0 Å². The highest BCUT2D eigenvalue weighted by Gasteiger charge is 2.18. The third kappa shape index (κ3) is 6.32. The van der Waals surface area contributed by atoms with E-state index in [2.05, 4.69) is 57.2 Å². The average Bonchev–Trinajstić information content (AvgIpc) is 3.39.